The first-order valence-corrected chi connectivity index (χ1v) is 6.72. The molecule has 0 saturated heterocycles. The van der Waals surface area contributed by atoms with Crippen LogP contribution in [0.5, 0.6) is 0 Å². The van der Waals surface area contributed by atoms with Gasteiger partial charge in [-0.05, 0) is 37.0 Å². The van der Waals surface area contributed by atoms with Crippen molar-refractivity contribution in [3.63, 3.8) is 0 Å². The zero-order valence-electron chi connectivity index (χ0n) is 10.4. The van der Waals surface area contributed by atoms with E-state index >= 15 is 0 Å². The van der Waals surface area contributed by atoms with Crippen molar-refractivity contribution in [1.29, 1.82) is 0 Å². The standard InChI is InChI=1S/C14H28/c1-4-6-10-14(9-5-2)11-7-13(3)8-12-14/h13H,4-12H2,1-3H3. The molecule has 0 aromatic carbocycles. The zero-order valence-corrected chi connectivity index (χ0v) is 10.4. The Labute approximate surface area is 90.5 Å². The van der Waals surface area contributed by atoms with Crippen LogP contribution in [0.3, 0.4) is 0 Å². The van der Waals surface area contributed by atoms with Crippen LogP contribution in [0.1, 0.15) is 78.6 Å². The lowest BCUT2D eigenvalue weighted by atomic mass is 9.66. The van der Waals surface area contributed by atoms with Crippen LogP contribution in [-0.2, 0) is 0 Å². The summed E-state index contributed by atoms with van der Waals surface area (Å²) in [5, 5.41) is 0. The molecule has 0 bridgehead atoms. The van der Waals surface area contributed by atoms with Gasteiger partial charge in [-0.25, -0.2) is 0 Å². The van der Waals surface area contributed by atoms with E-state index in [4.69, 9.17) is 0 Å². The third kappa shape index (κ3) is 3.29. The number of unbranched alkanes of at least 4 members (excludes halogenated alkanes) is 1. The van der Waals surface area contributed by atoms with Gasteiger partial charge in [-0.2, -0.15) is 0 Å². The van der Waals surface area contributed by atoms with Crippen LogP contribution in [0.2, 0.25) is 0 Å². The van der Waals surface area contributed by atoms with E-state index < -0.39 is 0 Å². The van der Waals surface area contributed by atoms with E-state index in [1.165, 1.54) is 57.8 Å². The molecule has 0 heteroatoms. The highest BCUT2D eigenvalue weighted by Gasteiger charge is 2.32. The van der Waals surface area contributed by atoms with Gasteiger partial charge in [0.25, 0.3) is 0 Å². The van der Waals surface area contributed by atoms with Gasteiger partial charge in [0, 0.05) is 0 Å². The van der Waals surface area contributed by atoms with E-state index in [9.17, 15) is 0 Å². The maximum absolute atomic E-state index is 2.43. The van der Waals surface area contributed by atoms with E-state index in [-0.39, 0.29) is 0 Å². The Bertz CT molecular complexity index is 135. The van der Waals surface area contributed by atoms with Crippen LogP contribution >= 0.6 is 0 Å². The molecule has 0 aromatic rings. The topological polar surface area (TPSA) is 0 Å². The molecule has 0 aromatic heterocycles. The van der Waals surface area contributed by atoms with Crippen molar-refractivity contribution in [2.24, 2.45) is 11.3 Å². The molecular formula is C14H28. The molecule has 1 aliphatic rings. The molecule has 1 saturated carbocycles. The Hall–Kier alpha value is 0. The van der Waals surface area contributed by atoms with Crippen LogP contribution in [0, 0.1) is 11.3 Å². The van der Waals surface area contributed by atoms with Gasteiger partial charge in [0.05, 0.1) is 0 Å². The highest BCUT2D eigenvalue weighted by molar-refractivity contribution is 4.84. The highest BCUT2D eigenvalue weighted by Crippen LogP contribution is 2.45. The predicted molar refractivity (Wildman–Crippen MR) is 64.5 cm³/mol. The van der Waals surface area contributed by atoms with Gasteiger partial charge in [0.1, 0.15) is 0 Å². The summed E-state index contributed by atoms with van der Waals surface area (Å²) in [6.07, 6.45) is 13.2. The molecule has 1 fully saturated rings. The van der Waals surface area contributed by atoms with Crippen molar-refractivity contribution >= 4 is 0 Å². The summed E-state index contributed by atoms with van der Waals surface area (Å²) in [4.78, 5) is 0. The first-order chi connectivity index (χ1) is 6.72. The second-order valence-electron chi connectivity index (χ2n) is 5.54. The maximum Gasteiger partial charge on any atom is -0.0297 e. The minimum Gasteiger partial charge on any atom is -0.0654 e. The summed E-state index contributed by atoms with van der Waals surface area (Å²) in [5.74, 6) is 1.00. The molecule has 0 atom stereocenters. The van der Waals surface area contributed by atoms with E-state index in [0.717, 1.165) is 11.3 Å². The van der Waals surface area contributed by atoms with Gasteiger partial charge in [0.2, 0.25) is 0 Å². The molecule has 1 aliphatic carbocycles. The van der Waals surface area contributed by atoms with Crippen molar-refractivity contribution in [3.8, 4) is 0 Å². The van der Waals surface area contributed by atoms with Gasteiger partial charge < -0.3 is 0 Å². The van der Waals surface area contributed by atoms with Crippen molar-refractivity contribution < 1.29 is 0 Å². The first kappa shape index (κ1) is 12.1. The van der Waals surface area contributed by atoms with Gasteiger partial charge >= 0.3 is 0 Å². The van der Waals surface area contributed by atoms with E-state index in [1.54, 1.807) is 0 Å². The number of hydrogen-bond acceptors (Lipinski definition) is 0. The van der Waals surface area contributed by atoms with Gasteiger partial charge in [-0.3, -0.25) is 0 Å². The summed E-state index contributed by atoms with van der Waals surface area (Å²) in [6, 6.07) is 0. The Morgan fingerprint density at radius 1 is 1.00 bits per heavy atom. The predicted octanol–water partition coefficient (Wildman–Crippen LogP) is 5.17. The average Bonchev–Trinajstić information content (AvgIpc) is 2.20. The minimum absolute atomic E-state index is 0.761. The van der Waals surface area contributed by atoms with Crippen molar-refractivity contribution in [2.75, 3.05) is 0 Å². The average molecular weight is 196 g/mol. The summed E-state index contributed by atoms with van der Waals surface area (Å²) >= 11 is 0. The molecule has 0 heterocycles. The second-order valence-corrected chi connectivity index (χ2v) is 5.54. The van der Waals surface area contributed by atoms with Crippen LogP contribution in [0.25, 0.3) is 0 Å². The molecule has 84 valence electrons. The van der Waals surface area contributed by atoms with E-state index in [0.29, 0.717) is 0 Å². The third-order valence-electron chi connectivity index (χ3n) is 4.18. The summed E-state index contributed by atoms with van der Waals surface area (Å²) in [5.41, 5.74) is 0.761. The van der Waals surface area contributed by atoms with E-state index in [2.05, 4.69) is 20.8 Å². The molecule has 1 rings (SSSR count). The molecular weight excluding hydrogens is 168 g/mol. The molecule has 0 aliphatic heterocycles. The Morgan fingerprint density at radius 3 is 2.14 bits per heavy atom. The summed E-state index contributed by atoms with van der Waals surface area (Å²) < 4.78 is 0. The quantitative estimate of drug-likeness (QED) is 0.569. The van der Waals surface area contributed by atoms with Crippen LogP contribution in [0.4, 0.5) is 0 Å². The van der Waals surface area contributed by atoms with Gasteiger partial charge in [-0.1, -0.05) is 52.9 Å². The zero-order chi connectivity index (χ0) is 10.4. The lowest BCUT2D eigenvalue weighted by Crippen LogP contribution is -2.26. The monoisotopic (exact) mass is 196 g/mol. The highest BCUT2D eigenvalue weighted by atomic mass is 14.4. The number of hydrogen-bond donors (Lipinski definition) is 0. The smallest absolute Gasteiger partial charge is 0.0297 e. The Balaban J connectivity index is 2.44. The number of rotatable bonds is 5. The largest absolute Gasteiger partial charge is 0.0654 e. The van der Waals surface area contributed by atoms with Crippen LogP contribution < -0.4 is 0 Å². The Morgan fingerprint density at radius 2 is 1.64 bits per heavy atom. The normalized spacial score (nSPS) is 33.2. The van der Waals surface area contributed by atoms with Crippen molar-refractivity contribution in [2.45, 2.75) is 78.6 Å². The summed E-state index contributed by atoms with van der Waals surface area (Å²) in [6.45, 7) is 7.10. The molecule has 0 unspecified atom stereocenters. The lowest BCUT2D eigenvalue weighted by molar-refractivity contribution is 0.125. The Kier molecular flexibility index (Phi) is 4.98. The molecule has 0 spiro atoms. The SMILES string of the molecule is CCCCC1(CCC)CCC(C)CC1. The maximum atomic E-state index is 2.43. The van der Waals surface area contributed by atoms with Crippen LogP contribution in [0.15, 0.2) is 0 Å². The van der Waals surface area contributed by atoms with Crippen LogP contribution in [-0.4, -0.2) is 0 Å². The third-order valence-corrected chi connectivity index (χ3v) is 4.18. The van der Waals surface area contributed by atoms with E-state index in [1.807, 2.05) is 0 Å². The molecule has 0 radical (unpaired) electrons. The van der Waals surface area contributed by atoms with Gasteiger partial charge in [-0.15, -0.1) is 0 Å². The fraction of sp³-hybridized carbons (Fsp3) is 1.00. The second kappa shape index (κ2) is 5.78. The lowest BCUT2D eigenvalue weighted by Gasteiger charge is -2.39. The minimum atomic E-state index is 0.761. The van der Waals surface area contributed by atoms with Crippen molar-refractivity contribution in [1.82, 2.24) is 0 Å². The fourth-order valence-electron chi connectivity index (χ4n) is 3.08. The molecule has 14 heavy (non-hydrogen) atoms. The molecule has 0 amide bonds. The fourth-order valence-corrected chi connectivity index (χ4v) is 3.08. The van der Waals surface area contributed by atoms with Crippen molar-refractivity contribution in [3.05, 3.63) is 0 Å². The molecule has 0 nitrogen and oxygen atoms in total. The first-order valence-electron chi connectivity index (χ1n) is 6.72. The molecule has 0 N–H and O–H groups in total. The van der Waals surface area contributed by atoms with Gasteiger partial charge in [0.15, 0.2) is 0 Å². The summed E-state index contributed by atoms with van der Waals surface area (Å²) in [7, 11) is 0.